The minimum Gasteiger partial charge on any atom is -0.389 e. The van der Waals surface area contributed by atoms with Crippen molar-refractivity contribution >= 4 is 10.0 Å². The number of nitrogens with one attached hydrogen (secondary N) is 1. The van der Waals surface area contributed by atoms with Crippen molar-refractivity contribution in [1.82, 2.24) is 5.32 Å². The number of aryl methyl sites for hydroxylation is 1. The minimum atomic E-state index is -3.65. The van der Waals surface area contributed by atoms with E-state index in [1.54, 1.807) is 12.1 Å². The first-order chi connectivity index (χ1) is 13.4. The lowest BCUT2D eigenvalue weighted by atomic mass is 9.89. The van der Waals surface area contributed by atoms with Gasteiger partial charge in [0.05, 0.1) is 23.7 Å². The van der Waals surface area contributed by atoms with Gasteiger partial charge in [0.2, 0.25) is 10.0 Å². The Hall–Kier alpha value is -1.77. The molecule has 0 radical (unpaired) electrons. The van der Waals surface area contributed by atoms with Gasteiger partial charge in [0.25, 0.3) is 0 Å². The Morgan fingerprint density at radius 2 is 1.93 bits per heavy atom. The third-order valence-electron chi connectivity index (χ3n) is 5.03. The lowest BCUT2D eigenvalue weighted by molar-refractivity contribution is -0.0166. The van der Waals surface area contributed by atoms with Gasteiger partial charge in [-0.2, -0.15) is 0 Å². The van der Waals surface area contributed by atoms with Crippen molar-refractivity contribution in [3.63, 3.8) is 0 Å². The second-order valence-corrected chi connectivity index (χ2v) is 8.77. The van der Waals surface area contributed by atoms with E-state index < -0.39 is 16.1 Å². The average Bonchev–Trinajstić information content (AvgIpc) is 2.69. The molecule has 0 bridgehead atoms. The summed E-state index contributed by atoms with van der Waals surface area (Å²) < 4.78 is 28.5. The molecule has 0 aliphatic heterocycles. The number of hydrogen-bond acceptors (Lipinski definition) is 5. The molecule has 0 unspecified atom stereocenters. The monoisotopic (exact) mass is 404 g/mol. The number of rotatable bonds is 9. The molecule has 0 spiro atoms. The number of nitrogens with two attached hydrogens (primary N) is 1. The molecule has 1 aliphatic rings. The van der Waals surface area contributed by atoms with Crippen LogP contribution in [0.1, 0.15) is 35.6 Å². The van der Waals surface area contributed by atoms with Crippen LogP contribution in [0.5, 0.6) is 0 Å². The summed E-state index contributed by atoms with van der Waals surface area (Å²) in [5.41, 5.74) is 3.60. The van der Waals surface area contributed by atoms with Crippen molar-refractivity contribution in [2.45, 2.75) is 42.8 Å². The smallest absolute Gasteiger partial charge is 0.238 e. The number of fused-ring (bicyclic) bond motifs is 1. The maximum atomic E-state index is 11.2. The summed E-state index contributed by atoms with van der Waals surface area (Å²) in [4.78, 5) is 0.112. The molecule has 1 aliphatic carbocycles. The van der Waals surface area contributed by atoms with Crippen LogP contribution in [0, 0.1) is 0 Å². The fourth-order valence-electron chi connectivity index (χ4n) is 3.52. The molecule has 0 heterocycles. The molecule has 2 aromatic carbocycles. The van der Waals surface area contributed by atoms with Crippen LogP contribution in [0.2, 0.25) is 0 Å². The van der Waals surface area contributed by atoms with Gasteiger partial charge < -0.3 is 15.2 Å². The van der Waals surface area contributed by atoms with E-state index in [0.717, 1.165) is 31.2 Å². The van der Waals surface area contributed by atoms with Crippen LogP contribution in [0.15, 0.2) is 53.4 Å². The quantitative estimate of drug-likeness (QED) is 0.554. The maximum absolute atomic E-state index is 11.2. The molecule has 152 valence electrons. The van der Waals surface area contributed by atoms with Gasteiger partial charge in [-0.3, -0.25) is 0 Å². The van der Waals surface area contributed by atoms with E-state index in [-0.39, 0.29) is 11.0 Å². The van der Waals surface area contributed by atoms with Gasteiger partial charge in [-0.25, -0.2) is 13.6 Å². The predicted octanol–water partition coefficient (Wildman–Crippen LogP) is 1.92. The van der Waals surface area contributed by atoms with Crippen molar-refractivity contribution in [1.29, 1.82) is 0 Å². The van der Waals surface area contributed by atoms with Gasteiger partial charge in [0.15, 0.2) is 0 Å². The number of primary sulfonamides is 1. The van der Waals surface area contributed by atoms with Crippen LogP contribution in [0.25, 0.3) is 0 Å². The Morgan fingerprint density at radius 3 is 2.68 bits per heavy atom. The summed E-state index contributed by atoms with van der Waals surface area (Å²) in [6.45, 7) is 1.43. The predicted molar refractivity (Wildman–Crippen MR) is 108 cm³/mol. The van der Waals surface area contributed by atoms with Crippen LogP contribution >= 0.6 is 0 Å². The number of aliphatic hydroxyl groups is 1. The number of ether oxygens (including phenoxy) is 1. The molecule has 0 saturated carbocycles. The van der Waals surface area contributed by atoms with Crippen molar-refractivity contribution < 1.29 is 18.3 Å². The van der Waals surface area contributed by atoms with E-state index in [1.165, 1.54) is 23.3 Å². The Balaban J connectivity index is 1.37. The molecule has 0 saturated heterocycles. The van der Waals surface area contributed by atoms with E-state index in [2.05, 4.69) is 23.5 Å². The highest BCUT2D eigenvalue weighted by Crippen LogP contribution is 2.32. The summed E-state index contributed by atoms with van der Waals surface area (Å²) in [5.74, 6) is 0. The second-order valence-electron chi connectivity index (χ2n) is 7.21. The number of benzene rings is 2. The van der Waals surface area contributed by atoms with Gasteiger partial charge in [0.1, 0.15) is 0 Å². The normalized spacial score (nSPS) is 17.9. The molecule has 0 aromatic heterocycles. The van der Waals surface area contributed by atoms with Crippen molar-refractivity contribution in [3.05, 3.63) is 65.2 Å². The highest BCUT2D eigenvalue weighted by atomic mass is 32.2. The molecule has 2 atom stereocenters. The van der Waals surface area contributed by atoms with Gasteiger partial charge >= 0.3 is 0 Å². The Bertz CT molecular complexity index is 868. The first-order valence-electron chi connectivity index (χ1n) is 9.63. The van der Waals surface area contributed by atoms with E-state index in [0.29, 0.717) is 19.7 Å². The number of hydrogen-bond donors (Lipinski definition) is 3. The molecule has 6 nitrogen and oxygen atoms in total. The highest BCUT2D eigenvalue weighted by Gasteiger charge is 2.21. The van der Waals surface area contributed by atoms with Crippen molar-refractivity contribution in [3.8, 4) is 0 Å². The lowest BCUT2D eigenvalue weighted by Crippen LogP contribution is -2.32. The Kier molecular flexibility index (Phi) is 7.20. The zero-order chi connectivity index (χ0) is 20.0. The van der Waals surface area contributed by atoms with E-state index >= 15 is 0 Å². The zero-order valence-corrected chi connectivity index (χ0v) is 16.7. The minimum absolute atomic E-state index is 0.0666. The molecular weight excluding hydrogens is 376 g/mol. The summed E-state index contributed by atoms with van der Waals surface area (Å²) in [5, 5.41) is 18.5. The first kappa shape index (κ1) is 21.0. The second kappa shape index (κ2) is 9.62. The van der Waals surface area contributed by atoms with E-state index in [1.807, 2.05) is 6.07 Å². The van der Waals surface area contributed by atoms with Crippen LogP contribution < -0.4 is 10.5 Å². The molecule has 3 rings (SSSR count). The molecule has 28 heavy (non-hydrogen) atoms. The third-order valence-corrected chi connectivity index (χ3v) is 5.96. The van der Waals surface area contributed by atoms with Gasteiger partial charge in [0, 0.05) is 6.54 Å². The summed E-state index contributed by atoms with van der Waals surface area (Å²) >= 11 is 0. The van der Waals surface area contributed by atoms with E-state index in [4.69, 9.17) is 9.88 Å². The molecule has 4 N–H and O–H groups in total. The van der Waals surface area contributed by atoms with Crippen LogP contribution in [-0.2, 0) is 27.6 Å². The van der Waals surface area contributed by atoms with Crippen molar-refractivity contribution in [2.24, 2.45) is 5.14 Å². The zero-order valence-electron chi connectivity index (χ0n) is 15.9. The Labute approximate surface area is 166 Å². The lowest BCUT2D eigenvalue weighted by Gasteiger charge is -2.26. The first-order valence-corrected chi connectivity index (χ1v) is 11.2. The van der Waals surface area contributed by atoms with Gasteiger partial charge in [-0.05, 0) is 61.1 Å². The molecule has 2 aromatic rings. The third kappa shape index (κ3) is 5.86. The summed E-state index contributed by atoms with van der Waals surface area (Å²) in [7, 11) is -3.65. The van der Waals surface area contributed by atoms with Crippen molar-refractivity contribution in [2.75, 3.05) is 19.7 Å². The van der Waals surface area contributed by atoms with Gasteiger partial charge in [-0.1, -0.05) is 36.4 Å². The number of sulfonamides is 1. The Morgan fingerprint density at radius 1 is 1.18 bits per heavy atom. The average molecular weight is 405 g/mol. The molecular formula is C21H28N2O4S. The standard InChI is InChI=1S/C21H28N2O4S/c22-28(25,26)19-10-8-16(9-11-19)12-13-23-14-18(24)15-27-21-7-3-5-17-4-1-2-6-20(17)21/h1-2,4,6,8-11,18,21,23-24H,3,5,7,12-15H2,(H2,22,25,26)/t18-,21-/m1/s1. The largest absolute Gasteiger partial charge is 0.389 e. The maximum Gasteiger partial charge on any atom is 0.238 e. The van der Waals surface area contributed by atoms with E-state index in [9.17, 15) is 13.5 Å². The topological polar surface area (TPSA) is 102 Å². The SMILES string of the molecule is NS(=O)(=O)c1ccc(CCNC[C@@H](O)CO[C@@H]2CCCc3ccccc32)cc1. The van der Waals surface area contributed by atoms with Crippen LogP contribution in [-0.4, -0.2) is 39.3 Å². The number of aliphatic hydroxyl groups excluding tert-OH is 1. The molecule has 0 fully saturated rings. The highest BCUT2D eigenvalue weighted by molar-refractivity contribution is 7.89. The van der Waals surface area contributed by atoms with Gasteiger partial charge in [-0.15, -0.1) is 0 Å². The summed E-state index contributed by atoms with van der Waals surface area (Å²) in [6, 6.07) is 14.9. The van der Waals surface area contributed by atoms with Crippen LogP contribution in [0.3, 0.4) is 0 Å². The summed E-state index contributed by atoms with van der Waals surface area (Å²) in [6.07, 6.45) is 3.43. The fraction of sp³-hybridized carbons (Fsp3) is 0.429. The molecule has 0 amide bonds. The van der Waals surface area contributed by atoms with Crippen LogP contribution in [0.4, 0.5) is 0 Å². The fourth-order valence-corrected chi connectivity index (χ4v) is 4.03. The molecule has 7 heteroatoms.